The highest BCUT2D eigenvalue weighted by atomic mass is 32.1. The molecule has 6 heteroatoms. The average Bonchev–Trinajstić information content (AvgIpc) is 3.32. The molecule has 142 valence electrons. The molecule has 1 amide bonds. The molecule has 0 radical (unpaired) electrons. The normalized spacial score (nSPS) is 13.4. The van der Waals surface area contributed by atoms with Gasteiger partial charge in [-0.3, -0.25) is 0 Å². The molecule has 0 saturated carbocycles. The molecule has 5 nitrogen and oxygen atoms in total. The molecule has 0 saturated heterocycles. The van der Waals surface area contributed by atoms with E-state index in [-0.39, 0.29) is 18.9 Å². The zero-order valence-corrected chi connectivity index (χ0v) is 15.8. The van der Waals surface area contributed by atoms with E-state index in [1.807, 2.05) is 53.9 Å². The monoisotopic (exact) mass is 392 g/mol. The SMILES string of the molecule is O=C(NC(Cc1cccs1)C(=O)[O-])OCC1c2ccccc2-c2ccccc21. The maximum absolute atomic E-state index is 12.2. The van der Waals surface area contributed by atoms with Crippen LogP contribution < -0.4 is 10.4 Å². The van der Waals surface area contributed by atoms with E-state index in [4.69, 9.17) is 4.74 Å². The molecule has 1 aliphatic carbocycles. The van der Waals surface area contributed by atoms with Crippen LogP contribution in [0.3, 0.4) is 0 Å². The molecule has 28 heavy (non-hydrogen) atoms. The maximum Gasteiger partial charge on any atom is 0.407 e. The summed E-state index contributed by atoms with van der Waals surface area (Å²) in [7, 11) is 0. The van der Waals surface area contributed by atoms with Crippen molar-refractivity contribution in [3.8, 4) is 11.1 Å². The topological polar surface area (TPSA) is 78.5 Å². The number of thiophene rings is 1. The van der Waals surface area contributed by atoms with Gasteiger partial charge in [-0.15, -0.1) is 11.3 Å². The number of carboxylic acid groups (broad SMARTS) is 1. The maximum atomic E-state index is 12.2. The number of hydrogen-bond acceptors (Lipinski definition) is 5. The number of alkyl carbamates (subject to hydrolysis) is 1. The van der Waals surface area contributed by atoms with Crippen LogP contribution in [0.4, 0.5) is 4.79 Å². The third kappa shape index (κ3) is 3.64. The highest BCUT2D eigenvalue weighted by Gasteiger charge is 2.29. The lowest BCUT2D eigenvalue weighted by Gasteiger charge is -2.20. The van der Waals surface area contributed by atoms with Crippen molar-refractivity contribution in [3.63, 3.8) is 0 Å². The van der Waals surface area contributed by atoms with Gasteiger partial charge in [0.1, 0.15) is 6.61 Å². The summed E-state index contributed by atoms with van der Waals surface area (Å²) in [5, 5.41) is 15.6. The molecule has 0 spiro atoms. The van der Waals surface area contributed by atoms with Crippen molar-refractivity contribution in [2.45, 2.75) is 18.4 Å². The Balaban J connectivity index is 1.44. The van der Waals surface area contributed by atoms with Crippen LogP contribution in [-0.2, 0) is 16.0 Å². The molecule has 0 aliphatic heterocycles. The van der Waals surface area contributed by atoms with Crippen LogP contribution in [0.15, 0.2) is 66.0 Å². The first kappa shape index (κ1) is 18.3. The average molecular weight is 392 g/mol. The molecule has 1 aliphatic rings. The fourth-order valence-corrected chi connectivity index (χ4v) is 4.36. The summed E-state index contributed by atoms with van der Waals surface area (Å²) in [4.78, 5) is 24.5. The van der Waals surface area contributed by atoms with Gasteiger partial charge in [-0.1, -0.05) is 54.6 Å². The summed E-state index contributed by atoms with van der Waals surface area (Å²) in [6, 6.07) is 18.6. The Bertz CT molecular complexity index is 954. The van der Waals surface area contributed by atoms with Crippen LogP contribution >= 0.6 is 11.3 Å². The Kier molecular flexibility index (Phi) is 5.12. The van der Waals surface area contributed by atoms with E-state index in [0.29, 0.717) is 0 Å². The number of nitrogens with one attached hydrogen (secondary N) is 1. The summed E-state index contributed by atoms with van der Waals surface area (Å²) in [5.74, 6) is -1.40. The van der Waals surface area contributed by atoms with Crippen molar-refractivity contribution in [1.82, 2.24) is 5.32 Å². The predicted molar refractivity (Wildman–Crippen MR) is 105 cm³/mol. The van der Waals surface area contributed by atoms with Crippen LogP contribution in [0.2, 0.25) is 0 Å². The molecule has 1 aromatic heterocycles. The zero-order chi connectivity index (χ0) is 19.5. The number of benzene rings is 2. The summed E-state index contributed by atoms with van der Waals surface area (Å²) in [5.41, 5.74) is 4.48. The fraction of sp³-hybridized carbons (Fsp3) is 0.182. The minimum absolute atomic E-state index is 0.0724. The largest absolute Gasteiger partial charge is 0.548 e. The molecule has 1 heterocycles. The van der Waals surface area contributed by atoms with E-state index in [1.165, 1.54) is 11.3 Å². The summed E-state index contributed by atoms with van der Waals surface area (Å²) >= 11 is 1.43. The van der Waals surface area contributed by atoms with Crippen LogP contribution in [0.1, 0.15) is 21.9 Å². The van der Waals surface area contributed by atoms with E-state index in [9.17, 15) is 14.7 Å². The first-order valence-corrected chi connectivity index (χ1v) is 9.86. The van der Waals surface area contributed by atoms with Gasteiger partial charge in [-0.2, -0.15) is 0 Å². The van der Waals surface area contributed by atoms with Crippen LogP contribution in [0.5, 0.6) is 0 Å². The first-order valence-electron chi connectivity index (χ1n) is 8.98. The van der Waals surface area contributed by atoms with Gasteiger partial charge in [0.05, 0.1) is 12.0 Å². The minimum atomic E-state index is -1.33. The first-order chi connectivity index (χ1) is 13.6. The Hall–Kier alpha value is -3.12. The molecule has 1 atom stereocenters. The highest BCUT2D eigenvalue weighted by Crippen LogP contribution is 2.44. The number of ether oxygens (including phenoxy) is 1. The van der Waals surface area contributed by atoms with Crippen LogP contribution in [0, 0.1) is 0 Å². The van der Waals surface area contributed by atoms with Gasteiger partial charge in [0.15, 0.2) is 0 Å². The van der Waals surface area contributed by atoms with Gasteiger partial charge in [-0.05, 0) is 33.7 Å². The lowest BCUT2D eigenvalue weighted by Crippen LogP contribution is -2.49. The molecule has 1 unspecified atom stereocenters. The molecule has 0 fully saturated rings. The summed E-state index contributed by atoms with van der Waals surface area (Å²) in [6.45, 7) is 0.138. The lowest BCUT2D eigenvalue weighted by atomic mass is 9.98. The van der Waals surface area contributed by atoms with Crippen molar-refractivity contribution in [3.05, 3.63) is 82.0 Å². The van der Waals surface area contributed by atoms with Crippen LogP contribution in [-0.4, -0.2) is 24.7 Å². The second kappa shape index (κ2) is 7.86. The second-order valence-corrected chi connectivity index (χ2v) is 7.66. The minimum Gasteiger partial charge on any atom is -0.548 e. The van der Waals surface area contributed by atoms with Gasteiger partial charge < -0.3 is 20.0 Å². The molecular formula is C22H18NO4S-. The highest BCUT2D eigenvalue weighted by molar-refractivity contribution is 7.09. The fourth-order valence-electron chi connectivity index (χ4n) is 3.61. The number of carbonyl (C=O) groups excluding carboxylic acids is 2. The predicted octanol–water partition coefficient (Wildman–Crippen LogP) is 2.95. The molecule has 4 rings (SSSR count). The Labute approximate surface area is 166 Å². The van der Waals surface area contributed by atoms with E-state index >= 15 is 0 Å². The van der Waals surface area contributed by atoms with E-state index in [2.05, 4.69) is 17.4 Å². The number of carboxylic acids is 1. The third-order valence-electron chi connectivity index (χ3n) is 4.91. The molecular weight excluding hydrogens is 374 g/mol. The van der Waals surface area contributed by atoms with Crippen molar-refractivity contribution in [2.24, 2.45) is 0 Å². The Morgan fingerprint density at radius 3 is 2.21 bits per heavy atom. The number of aliphatic carboxylic acids is 1. The number of rotatable bonds is 6. The molecule has 1 N–H and O–H groups in total. The number of fused-ring (bicyclic) bond motifs is 3. The zero-order valence-electron chi connectivity index (χ0n) is 15.0. The van der Waals surface area contributed by atoms with Crippen molar-refractivity contribution < 1.29 is 19.4 Å². The molecule has 3 aromatic rings. The Morgan fingerprint density at radius 1 is 1.00 bits per heavy atom. The van der Waals surface area contributed by atoms with Crippen LogP contribution in [0.25, 0.3) is 11.1 Å². The standard InChI is InChI=1S/C22H19NO4S/c24-21(25)20(12-14-6-5-11-28-14)23-22(26)27-13-19-17-9-3-1-7-15(17)16-8-2-4-10-18(16)19/h1-11,19-20H,12-13H2,(H,23,26)(H,24,25)/p-1. The van der Waals surface area contributed by atoms with Gasteiger partial charge in [-0.25, -0.2) is 4.79 Å². The third-order valence-corrected chi connectivity index (χ3v) is 5.80. The summed E-state index contributed by atoms with van der Waals surface area (Å²) in [6.07, 6.45) is -0.586. The van der Waals surface area contributed by atoms with E-state index in [1.54, 1.807) is 0 Å². The number of amides is 1. The number of hydrogen-bond donors (Lipinski definition) is 1. The van der Waals surface area contributed by atoms with Gasteiger partial charge in [0.2, 0.25) is 0 Å². The Morgan fingerprint density at radius 2 is 1.64 bits per heavy atom. The molecule has 2 aromatic carbocycles. The summed E-state index contributed by atoms with van der Waals surface area (Å²) < 4.78 is 5.40. The second-order valence-electron chi connectivity index (χ2n) is 6.62. The van der Waals surface area contributed by atoms with E-state index < -0.39 is 18.1 Å². The van der Waals surface area contributed by atoms with Crippen molar-refractivity contribution in [1.29, 1.82) is 0 Å². The van der Waals surface area contributed by atoms with Gasteiger partial charge in [0, 0.05) is 17.2 Å². The molecule has 0 bridgehead atoms. The number of carbonyl (C=O) groups is 2. The van der Waals surface area contributed by atoms with E-state index in [0.717, 1.165) is 27.1 Å². The quantitative estimate of drug-likeness (QED) is 0.700. The smallest absolute Gasteiger partial charge is 0.407 e. The lowest BCUT2D eigenvalue weighted by molar-refractivity contribution is -0.308. The van der Waals surface area contributed by atoms with Crippen molar-refractivity contribution >= 4 is 23.4 Å². The van der Waals surface area contributed by atoms with Crippen molar-refractivity contribution in [2.75, 3.05) is 6.61 Å². The van der Waals surface area contributed by atoms with Gasteiger partial charge in [0.25, 0.3) is 0 Å². The van der Waals surface area contributed by atoms with Gasteiger partial charge >= 0.3 is 6.09 Å².